The first kappa shape index (κ1) is 14.1. The highest BCUT2D eigenvalue weighted by Crippen LogP contribution is 2.35. The lowest BCUT2D eigenvalue weighted by Crippen LogP contribution is -2.21. The van der Waals surface area contributed by atoms with Crippen molar-refractivity contribution in [2.24, 2.45) is 14.1 Å². The quantitative estimate of drug-likeness (QED) is 0.697. The average Bonchev–Trinajstić information content (AvgIpc) is 2.88. The number of carbonyl (C=O) groups is 1. The highest BCUT2D eigenvalue weighted by atomic mass is 19.1. The van der Waals surface area contributed by atoms with Crippen LogP contribution >= 0.6 is 0 Å². The summed E-state index contributed by atoms with van der Waals surface area (Å²) in [5.74, 6) is -0.235. The second-order valence-electron chi connectivity index (χ2n) is 4.95. The summed E-state index contributed by atoms with van der Waals surface area (Å²) < 4.78 is 21.2. The van der Waals surface area contributed by atoms with E-state index in [1.165, 1.54) is 23.7 Å². The summed E-state index contributed by atoms with van der Waals surface area (Å²) in [5.41, 5.74) is 1.44. The molecule has 0 saturated heterocycles. The molecule has 0 aliphatic heterocycles. The van der Waals surface area contributed by atoms with Gasteiger partial charge in [-0.15, -0.1) is 0 Å². The third-order valence-electron chi connectivity index (χ3n) is 3.66. The maximum atomic E-state index is 13.2. The number of pyridine rings is 1. The molecule has 3 aromatic rings. The van der Waals surface area contributed by atoms with Crippen LogP contribution in [0.5, 0.6) is 5.88 Å². The average molecular weight is 300 g/mol. The topological polar surface area (TPSA) is 53.2 Å². The summed E-state index contributed by atoms with van der Waals surface area (Å²) in [4.78, 5) is 23.2. The summed E-state index contributed by atoms with van der Waals surface area (Å²) in [6, 6.07) is 7.57. The van der Waals surface area contributed by atoms with E-state index in [0.29, 0.717) is 22.0 Å². The SMILES string of the molecule is Cn1c(OC=O)c(-c2ccc(F)cc2)c2ccn(C)c2c1=O. The first-order valence-corrected chi connectivity index (χ1v) is 6.59. The van der Waals surface area contributed by atoms with Crippen molar-refractivity contribution in [2.75, 3.05) is 0 Å². The van der Waals surface area contributed by atoms with Gasteiger partial charge in [0.05, 0.1) is 5.56 Å². The van der Waals surface area contributed by atoms with Crippen LogP contribution in [0.3, 0.4) is 0 Å². The predicted molar refractivity (Wildman–Crippen MR) is 80.2 cm³/mol. The van der Waals surface area contributed by atoms with Crippen molar-refractivity contribution in [3.05, 3.63) is 52.7 Å². The summed E-state index contributed by atoms with van der Waals surface area (Å²) in [5, 5.41) is 0.647. The fraction of sp³-hybridized carbons (Fsp3) is 0.125. The molecule has 0 spiro atoms. The first-order chi connectivity index (χ1) is 10.5. The van der Waals surface area contributed by atoms with Crippen LogP contribution in [0, 0.1) is 5.82 Å². The van der Waals surface area contributed by atoms with Crippen LogP contribution in [0.1, 0.15) is 0 Å². The molecule has 0 saturated carbocycles. The minimum absolute atomic E-state index is 0.130. The van der Waals surface area contributed by atoms with Gasteiger partial charge < -0.3 is 9.30 Å². The van der Waals surface area contributed by atoms with Gasteiger partial charge in [0.15, 0.2) is 0 Å². The van der Waals surface area contributed by atoms with Crippen molar-refractivity contribution in [1.29, 1.82) is 0 Å². The van der Waals surface area contributed by atoms with Crippen molar-refractivity contribution in [2.45, 2.75) is 0 Å². The van der Waals surface area contributed by atoms with E-state index < -0.39 is 0 Å². The lowest BCUT2D eigenvalue weighted by molar-refractivity contribution is -0.121. The normalized spacial score (nSPS) is 10.9. The molecule has 0 fully saturated rings. The van der Waals surface area contributed by atoms with E-state index in [-0.39, 0.29) is 23.7 Å². The van der Waals surface area contributed by atoms with Crippen molar-refractivity contribution in [3.63, 3.8) is 0 Å². The smallest absolute Gasteiger partial charge is 0.299 e. The number of rotatable bonds is 3. The Morgan fingerprint density at radius 3 is 2.45 bits per heavy atom. The van der Waals surface area contributed by atoms with Crippen LogP contribution in [-0.4, -0.2) is 15.6 Å². The van der Waals surface area contributed by atoms with Crippen LogP contribution < -0.4 is 10.3 Å². The van der Waals surface area contributed by atoms with E-state index in [9.17, 15) is 14.0 Å². The van der Waals surface area contributed by atoms with Gasteiger partial charge in [0.1, 0.15) is 11.3 Å². The molecule has 3 rings (SSSR count). The predicted octanol–water partition coefficient (Wildman–Crippen LogP) is 2.22. The molecule has 0 N–H and O–H groups in total. The number of benzene rings is 1. The van der Waals surface area contributed by atoms with E-state index in [1.54, 1.807) is 36.0 Å². The Morgan fingerprint density at radius 2 is 1.82 bits per heavy atom. The standard InChI is InChI=1S/C16H13FN2O3/c1-18-8-7-12-13(10-3-5-11(17)6-4-10)16(22-9-20)19(2)15(21)14(12)18/h3-9H,1-2H3. The number of aryl methyl sites for hydroxylation is 1. The molecular weight excluding hydrogens is 287 g/mol. The zero-order valence-electron chi connectivity index (χ0n) is 12.0. The number of carbonyl (C=O) groups excluding carboxylic acids is 1. The number of ether oxygens (including phenoxy) is 1. The van der Waals surface area contributed by atoms with Gasteiger partial charge in [0.25, 0.3) is 12.0 Å². The Morgan fingerprint density at radius 1 is 1.14 bits per heavy atom. The van der Waals surface area contributed by atoms with Gasteiger partial charge in [-0.1, -0.05) is 12.1 Å². The van der Waals surface area contributed by atoms with E-state index >= 15 is 0 Å². The Kier molecular flexibility index (Phi) is 3.29. The van der Waals surface area contributed by atoms with Crippen molar-refractivity contribution >= 4 is 17.4 Å². The molecule has 0 aliphatic carbocycles. The van der Waals surface area contributed by atoms with Crippen LogP contribution in [-0.2, 0) is 18.9 Å². The molecule has 22 heavy (non-hydrogen) atoms. The van der Waals surface area contributed by atoms with Gasteiger partial charge in [-0.25, -0.2) is 4.39 Å². The number of aromatic nitrogens is 2. The maximum Gasteiger partial charge on any atom is 0.299 e. The molecular formula is C16H13FN2O3. The third kappa shape index (κ3) is 2.00. The zero-order valence-corrected chi connectivity index (χ0v) is 12.0. The van der Waals surface area contributed by atoms with Crippen molar-refractivity contribution in [3.8, 4) is 17.0 Å². The second kappa shape index (κ2) is 5.14. The zero-order chi connectivity index (χ0) is 15.9. The largest absolute Gasteiger partial charge is 0.411 e. The highest BCUT2D eigenvalue weighted by molar-refractivity contribution is 5.97. The molecule has 0 aliphatic rings. The lowest BCUT2D eigenvalue weighted by Gasteiger charge is -2.14. The molecule has 0 radical (unpaired) electrons. The molecule has 6 heteroatoms. The Labute approximate surface area is 125 Å². The van der Waals surface area contributed by atoms with Gasteiger partial charge in [-0.3, -0.25) is 14.2 Å². The summed E-state index contributed by atoms with van der Waals surface area (Å²) in [6.45, 7) is 0.274. The van der Waals surface area contributed by atoms with Crippen LogP contribution in [0.25, 0.3) is 22.0 Å². The number of halogens is 1. The molecule has 2 aromatic heterocycles. The molecule has 5 nitrogen and oxygen atoms in total. The highest BCUT2D eigenvalue weighted by Gasteiger charge is 2.19. The molecule has 0 bridgehead atoms. The number of hydrogen-bond acceptors (Lipinski definition) is 3. The fourth-order valence-electron chi connectivity index (χ4n) is 2.61. The molecule has 112 valence electrons. The summed E-state index contributed by atoms with van der Waals surface area (Å²) in [6.07, 6.45) is 1.75. The van der Waals surface area contributed by atoms with E-state index in [1.807, 2.05) is 0 Å². The fourth-order valence-corrected chi connectivity index (χ4v) is 2.61. The summed E-state index contributed by atoms with van der Waals surface area (Å²) in [7, 11) is 3.29. The van der Waals surface area contributed by atoms with Crippen LogP contribution in [0.15, 0.2) is 41.3 Å². The maximum absolute atomic E-state index is 13.2. The van der Waals surface area contributed by atoms with Crippen LogP contribution in [0.2, 0.25) is 0 Å². The van der Waals surface area contributed by atoms with E-state index in [4.69, 9.17) is 4.74 Å². The Bertz CT molecular complexity index is 923. The molecule has 2 heterocycles. The van der Waals surface area contributed by atoms with E-state index in [0.717, 1.165) is 0 Å². The van der Waals surface area contributed by atoms with Gasteiger partial charge >= 0.3 is 0 Å². The minimum Gasteiger partial charge on any atom is -0.411 e. The number of fused-ring (bicyclic) bond motifs is 1. The van der Waals surface area contributed by atoms with Crippen LogP contribution in [0.4, 0.5) is 4.39 Å². The molecule has 0 unspecified atom stereocenters. The third-order valence-corrected chi connectivity index (χ3v) is 3.66. The van der Waals surface area contributed by atoms with Crippen molar-refractivity contribution in [1.82, 2.24) is 9.13 Å². The molecule has 0 atom stereocenters. The van der Waals surface area contributed by atoms with Gasteiger partial charge in [-0.05, 0) is 23.8 Å². The van der Waals surface area contributed by atoms with Gasteiger partial charge in [0.2, 0.25) is 5.88 Å². The van der Waals surface area contributed by atoms with Gasteiger partial charge in [0, 0.05) is 25.7 Å². The van der Waals surface area contributed by atoms with Gasteiger partial charge in [-0.2, -0.15) is 0 Å². The van der Waals surface area contributed by atoms with E-state index in [2.05, 4.69) is 0 Å². The lowest BCUT2D eigenvalue weighted by atomic mass is 10.0. The Hall–Kier alpha value is -2.89. The Balaban J connectivity index is 2.47. The monoisotopic (exact) mass is 300 g/mol. The number of hydrogen-bond donors (Lipinski definition) is 0. The second-order valence-corrected chi connectivity index (χ2v) is 4.95. The number of nitrogens with zero attached hydrogens (tertiary/aromatic N) is 2. The van der Waals surface area contributed by atoms with Crippen molar-refractivity contribution < 1.29 is 13.9 Å². The minimum atomic E-state index is -0.365. The molecule has 0 amide bonds. The first-order valence-electron chi connectivity index (χ1n) is 6.59. The molecule has 1 aromatic carbocycles. The summed E-state index contributed by atoms with van der Waals surface area (Å²) >= 11 is 0.